The van der Waals surface area contributed by atoms with Gasteiger partial charge in [0.05, 0.1) is 12.7 Å². The highest BCUT2D eigenvalue weighted by molar-refractivity contribution is 5.20. The van der Waals surface area contributed by atoms with Crippen LogP contribution in [0.25, 0.3) is 0 Å². The third-order valence-electron chi connectivity index (χ3n) is 11.9. The molecule has 4 aliphatic carbocycles. The van der Waals surface area contributed by atoms with Gasteiger partial charge in [-0.3, -0.25) is 0 Å². The fourth-order valence-electron chi connectivity index (χ4n) is 10.4. The highest BCUT2D eigenvalue weighted by atomic mass is 16.7. The van der Waals surface area contributed by atoms with E-state index in [0.29, 0.717) is 11.3 Å². The van der Waals surface area contributed by atoms with Crippen LogP contribution in [0.4, 0.5) is 0 Å². The van der Waals surface area contributed by atoms with Crippen molar-refractivity contribution in [2.24, 2.45) is 46.3 Å². The maximum Gasteiger partial charge on any atom is 0.197 e. The zero-order valence-corrected chi connectivity index (χ0v) is 19.8. The van der Waals surface area contributed by atoms with E-state index in [1.165, 1.54) is 51.4 Å². The summed E-state index contributed by atoms with van der Waals surface area (Å²) in [5.74, 6) is 3.47. The van der Waals surface area contributed by atoms with Crippen molar-refractivity contribution in [1.82, 2.24) is 0 Å². The molecule has 2 heterocycles. The molecule has 6 aliphatic rings. The summed E-state index contributed by atoms with van der Waals surface area (Å²) in [4.78, 5) is 0. The van der Waals surface area contributed by atoms with Crippen molar-refractivity contribution in [3.05, 3.63) is 0 Å². The van der Waals surface area contributed by atoms with Crippen LogP contribution in [0.1, 0.15) is 98.3 Å². The molecule has 3 nitrogen and oxygen atoms in total. The van der Waals surface area contributed by atoms with Crippen LogP contribution in [0.5, 0.6) is 0 Å². The molecule has 30 heavy (non-hydrogen) atoms. The Morgan fingerprint density at radius 2 is 1.67 bits per heavy atom. The molecular weight excluding hydrogens is 372 g/mol. The van der Waals surface area contributed by atoms with Gasteiger partial charge in [-0.1, -0.05) is 33.6 Å². The lowest BCUT2D eigenvalue weighted by Gasteiger charge is -2.61. The monoisotopic (exact) mass is 416 g/mol. The minimum absolute atomic E-state index is 0.180. The maximum atomic E-state index is 12.0. The molecule has 1 spiro atoms. The molecule has 0 amide bonds. The van der Waals surface area contributed by atoms with Crippen LogP contribution in [0.2, 0.25) is 0 Å². The van der Waals surface area contributed by atoms with E-state index in [1.54, 1.807) is 0 Å². The number of aliphatic hydroxyl groups is 1. The molecule has 170 valence electrons. The van der Waals surface area contributed by atoms with E-state index in [9.17, 15) is 5.11 Å². The zero-order chi connectivity index (χ0) is 20.9. The lowest BCUT2D eigenvalue weighted by Crippen LogP contribution is -2.60. The predicted molar refractivity (Wildman–Crippen MR) is 118 cm³/mol. The van der Waals surface area contributed by atoms with Crippen molar-refractivity contribution < 1.29 is 14.6 Å². The van der Waals surface area contributed by atoms with Gasteiger partial charge < -0.3 is 14.6 Å². The second kappa shape index (κ2) is 6.48. The molecule has 3 heteroatoms. The first kappa shape index (κ1) is 20.5. The first-order valence-electron chi connectivity index (χ1n) is 13.3. The van der Waals surface area contributed by atoms with Crippen LogP contribution in [0.3, 0.4) is 0 Å². The van der Waals surface area contributed by atoms with Crippen molar-refractivity contribution in [3.63, 3.8) is 0 Å². The second-order valence-electron chi connectivity index (χ2n) is 13.2. The van der Waals surface area contributed by atoms with Crippen LogP contribution in [-0.2, 0) is 9.47 Å². The summed E-state index contributed by atoms with van der Waals surface area (Å²) in [5, 5.41) is 12.0. The molecule has 0 bridgehead atoms. The Kier molecular flexibility index (Phi) is 4.42. The normalized spacial score (nSPS) is 62.5. The van der Waals surface area contributed by atoms with Gasteiger partial charge in [-0.25, -0.2) is 0 Å². The number of ether oxygens (including phenoxy) is 2. The minimum Gasteiger partial charge on any atom is -0.384 e. The van der Waals surface area contributed by atoms with Gasteiger partial charge in [0, 0.05) is 12.3 Å². The largest absolute Gasteiger partial charge is 0.384 e. The maximum absolute atomic E-state index is 12.0. The topological polar surface area (TPSA) is 38.7 Å². The van der Waals surface area contributed by atoms with Gasteiger partial charge in [-0.2, -0.15) is 0 Å². The van der Waals surface area contributed by atoms with Crippen LogP contribution in [0, 0.1) is 46.3 Å². The molecule has 6 rings (SSSR count). The summed E-state index contributed by atoms with van der Waals surface area (Å²) in [6.45, 7) is 10.2. The summed E-state index contributed by atoms with van der Waals surface area (Å²) < 4.78 is 13.1. The smallest absolute Gasteiger partial charge is 0.197 e. The van der Waals surface area contributed by atoms with E-state index in [4.69, 9.17) is 9.47 Å². The van der Waals surface area contributed by atoms with E-state index in [1.807, 2.05) is 0 Å². The van der Waals surface area contributed by atoms with E-state index in [0.717, 1.165) is 49.5 Å². The van der Waals surface area contributed by atoms with Gasteiger partial charge in [-0.15, -0.1) is 0 Å². The van der Waals surface area contributed by atoms with E-state index in [2.05, 4.69) is 27.7 Å². The molecule has 2 saturated heterocycles. The van der Waals surface area contributed by atoms with Crippen molar-refractivity contribution >= 4 is 0 Å². The molecule has 0 aromatic rings. The molecule has 2 aliphatic heterocycles. The lowest BCUT2D eigenvalue weighted by molar-refractivity contribution is -0.315. The molecule has 11 atom stereocenters. The average molecular weight is 417 g/mol. The summed E-state index contributed by atoms with van der Waals surface area (Å²) in [5.41, 5.74) is -0.101. The first-order chi connectivity index (χ1) is 14.2. The van der Waals surface area contributed by atoms with E-state index >= 15 is 0 Å². The summed E-state index contributed by atoms with van der Waals surface area (Å²) in [6, 6.07) is 0. The van der Waals surface area contributed by atoms with Crippen LogP contribution in [0.15, 0.2) is 0 Å². The molecule has 0 radical (unpaired) electrons. The molecule has 6 fully saturated rings. The minimum atomic E-state index is -0.875. The predicted octanol–water partition coefficient (Wildman–Crippen LogP) is 5.94. The van der Waals surface area contributed by atoms with Crippen LogP contribution < -0.4 is 0 Å². The lowest BCUT2D eigenvalue weighted by atomic mass is 9.44. The van der Waals surface area contributed by atoms with Crippen molar-refractivity contribution in [2.45, 2.75) is 116 Å². The van der Waals surface area contributed by atoms with Crippen LogP contribution >= 0.6 is 0 Å². The number of fused-ring (bicyclic) bond motifs is 7. The number of rotatable bonds is 0. The van der Waals surface area contributed by atoms with Crippen molar-refractivity contribution in [3.8, 4) is 0 Å². The Hall–Kier alpha value is -0.120. The number of hydrogen-bond donors (Lipinski definition) is 1. The molecule has 0 aromatic carbocycles. The highest BCUT2D eigenvalue weighted by Gasteiger charge is 2.74. The van der Waals surface area contributed by atoms with E-state index < -0.39 is 11.4 Å². The molecular formula is C27H44O3. The SMILES string of the molecule is C[C@@H]1CC[C@@]2(OC1)O[C@H]1C[C@H]3[C@@H]4CC[C@H]5CCCC[C@]5(C)[C@H]4CC[C@]3(C)[C@H]1[C@]2(C)O. The number of hydrogen-bond acceptors (Lipinski definition) is 3. The summed E-state index contributed by atoms with van der Waals surface area (Å²) in [6.07, 6.45) is 14.6. The summed E-state index contributed by atoms with van der Waals surface area (Å²) in [7, 11) is 0. The Bertz CT molecular complexity index is 694. The zero-order valence-electron chi connectivity index (χ0n) is 19.8. The molecule has 0 unspecified atom stereocenters. The quantitative estimate of drug-likeness (QED) is 0.531. The molecule has 0 aromatic heterocycles. The highest BCUT2D eigenvalue weighted by Crippen LogP contribution is 2.72. The van der Waals surface area contributed by atoms with Gasteiger partial charge in [-0.05, 0) is 98.7 Å². The Morgan fingerprint density at radius 1 is 0.833 bits per heavy atom. The van der Waals surface area contributed by atoms with Gasteiger partial charge in [0.25, 0.3) is 0 Å². The van der Waals surface area contributed by atoms with Gasteiger partial charge >= 0.3 is 0 Å². The van der Waals surface area contributed by atoms with Gasteiger partial charge in [0.2, 0.25) is 0 Å². The fraction of sp³-hybridized carbons (Fsp3) is 1.00. The Morgan fingerprint density at radius 3 is 2.43 bits per heavy atom. The van der Waals surface area contributed by atoms with E-state index in [-0.39, 0.29) is 17.4 Å². The molecule has 1 N–H and O–H groups in total. The van der Waals surface area contributed by atoms with Crippen molar-refractivity contribution in [1.29, 1.82) is 0 Å². The summed E-state index contributed by atoms with van der Waals surface area (Å²) >= 11 is 0. The van der Waals surface area contributed by atoms with Crippen molar-refractivity contribution in [2.75, 3.05) is 6.61 Å². The van der Waals surface area contributed by atoms with Gasteiger partial charge in [0.15, 0.2) is 5.79 Å². The molecule has 4 saturated carbocycles. The first-order valence-corrected chi connectivity index (χ1v) is 13.3. The Balaban J connectivity index is 1.30. The second-order valence-corrected chi connectivity index (χ2v) is 13.2. The van der Waals surface area contributed by atoms with Crippen LogP contribution in [-0.4, -0.2) is 29.2 Å². The third kappa shape index (κ3) is 2.44. The van der Waals surface area contributed by atoms with Gasteiger partial charge in [0.1, 0.15) is 5.60 Å². The third-order valence-corrected chi connectivity index (χ3v) is 11.9. The fourth-order valence-corrected chi connectivity index (χ4v) is 10.4. The standard InChI is InChI=1S/C27H44O3/c1-17-10-14-27(29-16-17)26(4,28)23-22(30-27)15-21-19-9-8-18-7-5-6-12-24(18,2)20(19)11-13-25(21,23)3/h17-23,28H,5-16H2,1-4H3/t17-,18-,19-,20+,21+,22+,23+,24+,25+,26+,27-/m1/s1. The Labute approximate surface area is 183 Å². The average Bonchev–Trinajstić information content (AvgIpc) is 3.12.